The molecule has 0 aliphatic rings. The van der Waals surface area contributed by atoms with Gasteiger partial charge in [-0.1, -0.05) is 0 Å². The first-order valence-electron chi connectivity index (χ1n) is 5.87. The number of halogens is 3. The topological polar surface area (TPSA) is 58.2 Å². The molecule has 1 rings (SSSR count). The molecule has 0 aromatic heterocycles. The largest absolute Gasteiger partial charge is 0.416 e. The maximum Gasteiger partial charge on any atom is 0.416 e. The highest BCUT2D eigenvalue weighted by atomic mass is 19.4. The lowest BCUT2D eigenvalue weighted by Crippen LogP contribution is -2.31. The summed E-state index contributed by atoms with van der Waals surface area (Å²) in [6.07, 6.45) is -4.54. The van der Waals surface area contributed by atoms with Gasteiger partial charge >= 0.3 is 6.18 Å². The normalized spacial score (nSPS) is 12.9. The molecule has 1 aromatic rings. The van der Waals surface area contributed by atoms with Crippen LogP contribution in [-0.4, -0.2) is 24.8 Å². The highest BCUT2D eigenvalue weighted by Crippen LogP contribution is 2.32. The Kier molecular flexibility index (Phi) is 4.88. The third-order valence-electron chi connectivity index (χ3n) is 2.75. The molecule has 1 atom stereocenters. The highest BCUT2D eigenvalue weighted by molar-refractivity contribution is 6.07. The van der Waals surface area contributed by atoms with E-state index in [9.17, 15) is 22.8 Å². The average molecular weight is 288 g/mol. The first-order valence-corrected chi connectivity index (χ1v) is 5.87. The summed E-state index contributed by atoms with van der Waals surface area (Å²) in [5, 5.41) is 4.96. The standard InChI is InChI=1S/C13H15F3N2O2/c1-7(17-3)12(20)10-5-4-9(13(14,15)16)6-11(10)18-8(2)19/h4-7,17H,1-3H3,(H,18,19). The summed E-state index contributed by atoms with van der Waals surface area (Å²) in [4.78, 5) is 23.1. The molecule has 0 spiro atoms. The summed E-state index contributed by atoms with van der Waals surface area (Å²) >= 11 is 0. The van der Waals surface area contributed by atoms with Gasteiger partial charge in [0.1, 0.15) is 0 Å². The highest BCUT2D eigenvalue weighted by Gasteiger charge is 2.32. The Labute approximate surface area is 114 Å². The minimum absolute atomic E-state index is 0.0371. The van der Waals surface area contributed by atoms with E-state index in [1.165, 1.54) is 0 Å². The molecule has 110 valence electrons. The Morgan fingerprint density at radius 3 is 2.30 bits per heavy atom. The van der Waals surface area contributed by atoms with Crippen molar-refractivity contribution < 1.29 is 22.8 Å². The molecule has 0 bridgehead atoms. The number of hydrogen-bond acceptors (Lipinski definition) is 3. The molecule has 0 aliphatic carbocycles. The second-order valence-corrected chi connectivity index (χ2v) is 4.31. The van der Waals surface area contributed by atoms with Crippen molar-refractivity contribution >= 4 is 17.4 Å². The number of carbonyl (C=O) groups excluding carboxylic acids is 2. The third kappa shape index (κ3) is 3.80. The van der Waals surface area contributed by atoms with E-state index >= 15 is 0 Å². The molecule has 20 heavy (non-hydrogen) atoms. The molecule has 0 fully saturated rings. The number of alkyl halides is 3. The first kappa shape index (κ1) is 16.2. The second-order valence-electron chi connectivity index (χ2n) is 4.31. The molecular weight excluding hydrogens is 273 g/mol. The maximum atomic E-state index is 12.7. The van der Waals surface area contributed by atoms with Crippen molar-refractivity contribution in [2.75, 3.05) is 12.4 Å². The summed E-state index contributed by atoms with van der Waals surface area (Å²) in [5.41, 5.74) is -1.02. The van der Waals surface area contributed by atoms with Crippen LogP contribution in [0.5, 0.6) is 0 Å². The number of amides is 1. The summed E-state index contributed by atoms with van der Waals surface area (Å²) < 4.78 is 38.0. The summed E-state index contributed by atoms with van der Waals surface area (Å²) in [6, 6.07) is 2.08. The van der Waals surface area contributed by atoms with Crippen LogP contribution >= 0.6 is 0 Å². The Bertz CT molecular complexity index is 527. The molecule has 0 heterocycles. The Balaban J connectivity index is 3.30. The second kappa shape index (κ2) is 6.04. The van der Waals surface area contributed by atoms with Crippen molar-refractivity contribution in [2.45, 2.75) is 26.1 Å². The van der Waals surface area contributed by atoms with E-state index in [1.807, 2.05) is 0 Å². The van der Waals surface area contributed by atoms with Gasteiger partial charge in [-0.2, -0.15) is 13.2 Å². The van der Waals surface area contributed by atoms with Crippen molar-refractivity contribution in [1.29, 1.82) is 0 Å². The number of hydrogen-bond donors (Lipinski definition) is 2. The molecule has 4 nitrogen and oxygen atoms in total. The van der Waals surface area contributed by atoms with E-state index in [1.54, 1.807) is 14.0 Å². The fraction of sp³-hybridized carbons (Fsp3) is 0.385. The monoisotopic (exact) mass is 288 g/mol. The Hall–Kier alpha value is -1.89. The molecular formula is C13H15F3N2O2. The van der Waals surface area contributed by atoms with Crippen molar-refractivity contribution in [2.24, 2.45) is 0 Å². The van der Waals surface area contributed by atoms with Crippen LogP contribution in [0.3, 0.4) is 0 Å². The summed E-state index contributed by atoms with van der Waals surface area (Å²) in [7, 11) is 1.56. The Morgan fingerprint density at radius 2 is 1.85 bits per heavy atom. The van der Waals surface area contributed by atoms with Gasteiger partial charge in [-0.25, -0.2) is 0 Å². The van der Waals surface area contributed by atoms with Crippen LogP contribution in [0.25, 0.3) is 0 Å². The van der Waals surface area contributed by atoms with Gasteiger partial charge < -0.3 is 10.6 Å². The van der Waals surface area contributed by atoms with Gasteiger partial charge in [-0.15, -0.1) is 0 Å². The van der Waals surface area contributed by atoms with Crippen LogP contribution < -0.4 is 10.6 Å². The number of rotatable bonds is 4. The summed E-state index contributed by atoms with van der Waals surface area (Å²) in [5.74, 6) is -0.944. The number of Topliss-reactive ketones (excluding diaryl/α,β-unsaturated/α-hetero) is 1. The quantitative estimate of drug-likeness (QED) is 0.837. The average Bonchev–Trinajstić information content (AvgIpc) is 2.35. The first-order chi connectivity index (χ1) is 9.16. The smallest absolute Gasteiger partial charge is 0.326 e. The molecule has 1 unspecified atom stereocenters. The lowest BCUT2D eigenvalue weighted by molar-refractivity contribution is -0.137. The third-order valence-corrected chi connectivity index (χ3v) is 2.75. The van der Waals surface area contributed by atoms with E-state index < -0.39 is 29.5 Å². The number of anilines is 1. The van der Waals surface area contributed by atoms with E-state index in [2.05, 4.69) is 10.6 Å². The summed E-state index contributed by atoms with van der Waals surface area (Å²) in [6.45, 7) is 2.74. The SMILES string of the molecule is CNC(C)C(=O)c1ccc(C(F)(F)F)cc1NC(C)=O. The van der Waals surface area contributed by atoms with Gasteiger partial charge in [-0.3, -0.25) is 9.59 Å². The van der Waals surface area contributed by atoms with Crippen LogP contribution in [0, 0.1) is 0 Å². The minimum Gasteiger partial charge on any atom is -0.326 e. The van der Waals surface area contributed by atoms with Gasteiger partial charge in [0.05, 0.1) is 17.3 Å². The zero-order valence-corrected chi connectivity index (χ0v) is 11.3. The van der Waals surface area contributed by atoms with Crippen molar-refractivity contribution in [3.05, 3.63) is 29.3 Å². The maximum absolute atomic E-state index is 12.7. The molecule has 0 radical (unpaired) electrons. The van der Waals surface area contributed by atoms with Crippen molar-refractivity contribution in [3.8, 4) is 0 Å². The fourth-order valence-electron chi connectivity index (χ4n) is 1.59. The molecule has 2 N–H and O–H groups in total. The molecule has 0 saturated heterocycles. The molecule has 7 heteroatoms. The zero-order chi connectivity index (χ0) is 15.5. The van der Waals surface area contributed by atoms with Gasteiger partial charge in [0.25, 0.3) is 0 Å². The fourth-order valence-corrected chi connectivity index (χ4v) is 1.59. The van der Waals surface area contributed by atoms with E-state index in [0.717, 1.165) is 25.1 Å². The molecule has 1 aromatic carbocycles. The van der Waals surface area contributed by atoms with Gasteiger partial charge in [0.2, 0.25) is 5.91 Å². The van der Waals surface area contributed by atoms with E-state index in [-0.39, 0.29) is 11.3 Å². The van der Waals surface area contributed by atoms with Crippen LogP contribution in [0.4, 0.5) is 18.9 Å². The molecule has 0 aliphatic heterocycles. The number of nitrogens with one attached hydrogen (secondary N) is 2. The number of benzene rings is 1. The number of likely N-dealkylation sites (N-methyl/N-ethyl adjacent to an activating group) is 1. The van der Waals surface area contributed by atoms with Crippen LogP contribution in [0.1, 0.15) is 29.8 Å². The predicted molar refractivity (Wildman–Crippen MR) is 68.6 cm³/mol. The van der Waals surface area contributed by atoms with Crippen molar-refractivity contribution in [3.63, 3.8) is 0 Å². The number of ketones is 1. The van der Waals surface area contributed by atoms with Crippen LogP contribution in [0.15, 0.2) is 18.2 Å². The van der Waals surface area contributed by atoms with E-state index in [4.69, 9.17) is 0 Å². The van der Waals surface area contributed by atoms with Crippen molar-refractivity contribution in [1.82, 2.24) is 5.32 Å². The van der Waals surface area contributed by atoms with E-state index in [0.29, 0.717) is 0 Å². The lowest BCUT2D eigenvalue weighted by Gasteiger charge is -2.15. The lowest BCUT2D eigenvalue weighted by atomic mass is 10.0. The predicted octanol–water partition coefficient (Wildman–Crippen LogP) is 2.45. The number of carbonyl (C=O) groups is 2. The van der Waals surface area contributed by atoms with Gasteiger partial charge in [0, 0.05) is 12.5 Å². The van der Waals surface area contributed by atoms with Gasteiger partial charge in [0.15, 0.2) is 5.78 Å². The zero-order valence-electron chi connectivity index (χ0n) is 11.3. The Morgan fingerprint density at radius 1 is 1.25 bits per heavy atom. The molecule has 0 saturated carbocycles. The van der Waals surface area contributed by atoms with Crippen LogP contribution in [-0.2, 0) is 11.0 Å². The van der Waals surface area contributed by atoms with Gasteiger partial charge in [-0.05, 0) is 32.2 Å². The minimum atomic E-state index is -4.54. The van der Waals surface area contributed by atoms with Crippen LogP contribution in [0.2, 0.25) is 0 Å². The molecule has 1 amide bonds.